The Kier molecular flexibility index (Phi) is 16.8. The van der Waals surface area contributed by atoms with Crippen LogP contribution >= 0.6 is 11.8 Å². The zero-order valence-corrected chi connectivity index (χ0v) is 23.7. The van der Waals surface area contributed by atoms with Crippen molar-refractivity contribution in [1.82, 2.24) is 9.88 Å². The fourth-order valence-electron chi connectivity index (χ4n) is 4.72. The molecule has 1 aromatic rings. The molecule has 37 heavy (non-hydrogen) atoms. The monoisotopic (exact) mass is 528 g/mol. The van der Waals surface area contributed by atoms with Crippen LogP contribution in [-0.4, -0.2) is 26.9 Å². The van der Waals surface area contributed by atoms with E-state index in [1.165, 1.54) is 107 Å². The van der Waals surface area contributed by atoms with E-state index < -0.39 is 5.97 Å². The van der Waals surface area contributed by atoms with E-state index in [4.69, 9.17) is 0 Å². The maximum atomic E-state index is 12.9. The minimum Gasteiger partial charge on any atom is -0.477 e. The second-order valence-electron chi connectivity index (χ2n) is 10.1. The molecular formula is C31H48N2O3S. The van der Waals surface area contributed by atoms with Gasteiger partial charge >= 0.3 is 5.97 Å². The zero-order chi connectivity index (χ0) is 26.6. The van der Waals surface area contributed by atoms with Crippen LogP contribution in [-0.2, 0) is 9.59 Å². The summed E-state index contributed by atoms with van der Waals surface area (Å²) in [6, 6.07) is 3.68. The zero-order valence-electron chi connectivity index (χ0n) is 22.9. The van der Waals surface area contributed by atoms with E-state index in [0.717, 1.165) is 24.8 Å². The summed E-state index contributed by atoms with van der Waals surface area (Å²) in [5.41, 5.74) is 0.968. The van der Waals surface area contributed by atoms with Crippen LogP contribution in [0.5, 0.6) is 0 Å². The molecule has 1 aliphatic heterocycles. The summed E-state index contributed by atoms with van der Waals surface area (Å²) in [7, 11) is 0. The molecule has 5 nitrogen and oxygen atoms in total. The van der Waals surface area contributed by atoms with Crippen LogP contribution in [0.25, 0.3) is 0 Å². The highest BCUT2D eigenvalue weighted by molar-refractivity contribution is 8.02. The molecule has 0 spiro atoms. The van der Waals surface area contributed by atoms with Crippen molar-refractivity contribution in [3.8, 4) is 0 Å². The topological polar surface area (TPSA) is 70.5 Å². The molecule has 0 bridgehead atoms. The number of carboxylic acids is 1. The molecule has 0 radical (unpaired) electrons. The Morgan fingerprint density at radius 3 is 1.89 bits per heavy atom. The van der Waals surface area contributed by atoms with Crippen LogP contribution in [0.3, 0.4) is 0 Å². The highest BCUT2D eigenvalue weighted by Crippen LogP contribution is 2.43. The normalized spacial score (nSPS) is 15.4. The molecule has 0 fully saturated rings. The van der Waals surface area contributed by atoms with Crippen LogP contribution in [0.2, 0.25) is 0 Å². The summed E-state index contributed by atoms with van der Waals surface area (Å²) in [5, 5.41) is 10.8. The fraction of sp³-hybridized carbons (Fsp3) is 0.645. The molecule has 1 atom stereocenters. The number of carbonyl (C=O) groups is 2. The quantitative estimate of drug-likeness (QED) is 0.127. The van der Waals surface area contributed by atoms with Crippen molar-refractivity contribution in [2.24, 2.45) is 0 Å². The molecule has 0 aliphatic carbocycles. The number of nitrogens with zero attached hydrogens (tertiary/aromatic N) is 2. The Hall–Kier alpha value is -2.08. The number of amides is 1. The molecule has 1 aliphatic rings. The van der Waals surface area contributed by atoms with Crippen molar-refractivity contribution in [3.63, 3.8) is 0 Å². The lowest BCUT2D eigenvalue weighted by Crippen LogP contribution is -2.32. The van der Waals surface area contributed by atoms with Crippen molar-refractivity contribution >= 4 is 23.6 Å². The third-order valence-corrected chi connectivity index (χ3v) is 8.03. The van der Waals surface area contributed by atoms with Gasteiger partial charge < -0.3 is 5.11 Å². The van der Waals surface area contributed by atoms with Gasteiger partial charge in [0, 0.05) is 24.2 Å². The Morgan fingerprint density at radius 1 is 0.838 bits per heavy atom. The van der Waals surface area contributed by atoms with E-state index >= 15 is 0 Å². The fourth-order valence-corrected chi connectivity index (χ4v) is 5.86. The number of unbranched alkanes of at least 4 members (excludes halogenated alkanes) is 15. The molecule has 0 saturated heterocycles. The maximum Gasteiger partial charge on any atom is 0.353 e. The summed E-state index contributed by atoms with van der Waals surface area (Å²) >= 11 is 1.37. The predicted octanol–water partition coefficient (Wildman–Crippen LogP) is 9.18. The Balaban J connectivity index is 1.46. The number of carboxylic acid groups (broad SMARTS) is 1. The number of thioether (sulfide) groups is 1. The van der Waals surface area contributed by atoms with Gasteiger partial charge in [0.1, 0.15) is 11.1 Å². The largest absolute Gasteiger partial charge is 0.477 e. The number of allylic oxidation sites excluding steroid dienone is 2. The van der Waals surface area contributed by atoms with Crippen LogP contribution in [0.4, 0.5) is 0 Å². The van der Waals surface area contributed by atoms with Gasteiger partial charge in [0.25, 0.3) is 0 Å². The molecule has 1 unspecified atom stereocenters. The first-order valence-corrected chi connectivity index (χ1v) is 15.5. The second kappa shape index (κ2) is 20.0. The van der Waals surface area contributed by atoms with Gasteiger partial charge in [-0.15, -0.1) is 11.8 Å². The minimum absolute atomic E-state index is 0.0742. The van der Waals surface area contributed by atoms with Crippen molar-refractivity contribution < 1.29 is 14.7 Å². The average Bonchev–Trinajstić information content (AvgIpc) is 3.36. The first-order chi connectivity index (χ1) is 18.1. The predicted molar refractivity (Wildman–Crippen MR) is 155 cm³/mol. The van der Waals surface area contributed by atoms with Crippen molar-refractivity contribution in [2.45, 2.75) is 128 Å². The summed E-state index contributed by atoms with van der Waals surface area (Å²) < 4.78 is 0. The smallest absolute Gasteiger partial charge is 0.353 e. The Bertz CT molecular complexity index is 825. The van der Waals surface area contributed by atoms with Gasteiger partial charge in [-0.2, -0.15) is 0 Å². The molecule has 0 aromatic carbocycles. The van der Waals surface area contributed by atoms with Gasteiger partial charge in [-0.1, -0.05) is 96.1 Å². The van der Waals surface area contributed by atoms with E-state index in [1.807, 2.05) is 12.1 Å². The van der Waals surface area contributed by atoms with E-state index in [0.29, 0.717) is 6.42 Å². The minimum atomic E-state index is -1.05. The standard InChI is InChI=1S/C31H48N2O3S/c1-2-3-4-5-6-7-8-9-10-11-12-13-14-15-16-17-18-19-20-21-29(34)33-28(31(35)36)26-37-30(33)27-22-24-32-25-23-27/h9-10,22-26,30H,2-8,11-21H2,1H3,(H,35,36)/b10-9-. The highest BCUT2D eigenvalue weighted by Gasteiger charge is 2.36. The Labute approximate surface area is 229 Å². The third-order valence-electron chi connectivity index (χ3n) is 6.93. The van der Waals surface area contributed by atoms with Gasteiger partial charge in [-0.05, 0) is 49.8 Å². The van der Waals surface area contributed by atoms with E-state index in [1.54, 1.807) is 17.8 Å². The lowest BCUT2D eigenvalue weighted by atomic mass is 10.0. The molecule has 1 N–H and O–H groups in total. The molecule has 1 aromatic heterocycles. The van der Waals surface area contributed by atoms with Gasteiger partial charge in [0.15, 0.2) is 0 Å². The van der Waals surface area contributed by atoms with Crippen molar-refractivity contribution in [2.75, 3.05) is 0 Å². The average molecular weight is 529 g/mol. The van der Waals surface area contributed by atoms with E-state index in [9.17, 15) is 14.7 Å². The number of hydrogen-bond donors (Lipinski definition) is 1. The van der Waals surface area contributed by atoms with Gasteiger partial charge in [-0.3, -0.25) is 14.7 Å². The van der Waals surface area contributed by atoms with Crippen LogP contribution in [0.15, 0.2) is 47.8 Å². The van der Waals surface area contributed by atoms with Crippen molar-refractivity contribution in [1.29, 1.82) is 0 Å². The number of rotatable bonds is 21. The van der Waals surface area contributed by atoms with Crippen LogP contribution in [0, 0.1) is 0 Å². The van der Waals surface area contributed by atoms with E-state index in [2.05, 4.69) is 24.1 Å². The Morgan fingerprint density at radius 2 is 1.35 bits per heavy atom. The van der Waals surface area contributed by atoms with Crippen LogP contribution in [0.1, 0.15) is 133 Å². The maximum absolute atomic E-state index is 12.9. The number of aliphatic carboxylic acids is 1. The summed E-state index contributed by atoms with van der Waals surface area (Å²) in [5.74, 6) is -1.16. The lowest BCUT2D eigenvalue weighted by molar-refractivity contribution is -0.140. The molecule has 206 valence electrons. The molecule has 2 heterocycles. The summed E-state index contributed by atoms with van der Waals surface area (Å²) in [6.07, 6.45) is 29.9. The number of aromatic nitrogens is 1. The first-order valence-electron chi connectivity index (χ1n) is 14.6. The number of pyridine rings is 1. The molecular weight excluding hydrogens is 480 g/mol. The van der Waals surface area contributed by atoms with Crippen LogP contribution < -0.4 is 0 Å². The summed E-state index contributed by atoms with van der Waals surface area (Å²) in [6.45, 7) is 2.27. The number of hydrogen-bond acceptors (Lipinski definition) is 4. The number of carbonyl (C=O) groups excluding carboxylic acids is 1. The van der Waals surface area contributed by atoms with Gasteiger partial charge in [0.05, 0.1) is 0 Å². The SMILES string of the molecule is CCCCCCCC/C=C\CCCCCCCCCCCC(=O)N1C(C(=O)O)=CSC1c1ccncc1. The van der Waals surface area contributed by atoms with E-state index in [-0.39, 0.29) is 17.0 Å². The van der Waals surface area contributed by atoms with Gasteiger partial charge in [-0.25, -0.2) is 4.79 Å². The highest BCUT2D eigenvalue weighted by atomic mass is 32.2. The van der Waals surface area contributed by atoms with Gasteiger partial charge in [0.2, 0.25) is 5.91 Å². The molecule has 0 saturated carbocycles. The third kappa shape index (κ3) is 12.8. The first kappa shape index (κ1) is 31.1. The molecule has 6 heteroatoms. The van der Waals surface area contributed by atoms with Crippen molar-refractivity contribution in [3.05, 3.63) is 53.3 Å². The second-order valence-corrected chi connectivity index (χ2v) is 11.0. The lowest BCUT2D eigenvalue weighted by Gasteiger charge is -2.25. The molecule has 2 rings (SSSR count). The summed E-state index contributed by atoms with van der Waals surface area (Å²) in [4.78, 5) is 30.0. The molecule has 1 amide bonds.